The second kappa shape index (κ2) is 5.79. The maximum absolute atomic E-state index is 10.9. The third kappa shape index (κ3) is 4.44. The molecule has 110 valence electrons. The van der Waals surface area contributed by atoms with Gasteiger partial charge in [-0.1, -0.05) is 0 Å². The van der Waals surface area contributed by atoms with Gasteiger partial charge in [0.2, 0.25) is 12.0 Å². The van der Waals surface area contributed by atoms with Crippen LogP contribution in [0.2, 0.25) is 0 Å². The summed E-state index contributed by atoms with van der Waals surface area (Å²) in [5.74, 6) is -0.336. The van der Waals surface area contributed by atoms with E-state index < -0.39 is 37.6 Å². The van der Waals surface area contributed by atoms with Crippen molar-refractivity contribution in [3.63, 3.8) is 0 Å². The Morgan fingerprint density at radius 1 is 1.20 bits per heavy atom. The molecule has 0 spiro atoms. The Morgan fingerprint density at radius 2 is 1.80 bits per heavy atom. The molecule has 0 radical (unpaired) electrons. The van der Waals surface area contributed by atoms with Crippen molar-refractivity contribution in [1.29, 1.82) is 0 Å². The SMILES string of the molecule is CC(Oc1ccc([N+](=O)[O-])cc1[N+](=O)[O-])OS(C)(=O)=O. The average Bonchev–Trinajstić information content (AvgIpc) is 2.25. The predicted molar refractivity (Wildman–Crippen MR) is 65.8 cm³/mol. The Labute approximate surface area is 113 Å². The molecule has 0 heterocycles. The van der Waals surface area contributed by atoms with Gasteiger partial charge in [-0.15, -0.1) is 0 Å². The molecule has 1 aromatic rings. The molecule has 0 aliphatic carbocycles. The van der Waals surface area contributed by atoms with Crippen LogP contribution in [0.25, 0.3) is 0 Å². The van der Waals surface area contributed by atoms with E-state index in [2.05, 4.69) is 4.18 Å². The zero-order chi connectivity index (χ0) is 15.5. The summed E-state index contributed by atoms with van der Waals surface area (Å²) >= 11 is 0. The molecule has 0 bridgehead atoms. The van der Waals surface area contributed by atoms with Crippen LogP contribution in [0.4, 0.5) is 11.4 Å². The van der Waals surface area contributed by atoms with Gasteiger partial charge in [-0.3, -0.25) is 20.2 Å². The number of rotatable bonds is 6. The van der Waals surface area contributed by atoms with E-state index in [9.17, 15) is 28.6 Å². The molecule has 0 saturated carbocycles. The van der Waals surface area contributed by atoms with Crippen LogP contribution in [-0.4, -0.2) is 30.8 Å². The van der Waals surface area contributed by atoms with Gasteiger partial charge in [0.1, 0.15) is 0 Å². The predicted octanol–water partition coefficient (Wildman–Crippen LogP) is 1.20. The number of ether oxygens (including phenoxy) is 1. The first-order valence-corrected chi connectivity index (χ1v) is 6.89. The van der Waals surface area contributed by atoms with Gasteiger partial charge in [0, 0.05) is 6.07 Å². The van der Waals surface area contributed by atoms with Gasteiger partial charge in [-0.25, -0.2) is 4.18 Å². The molecule has 0 saturated heterocycles. The number of hydrogen-bond acceptors (Lipinski definition) is 8. The molecule has 1 atom stereocenters. The Hall–Kier alpha value is -2.27. The number of nitro benzene ring substituents is 2. The molecule has 0 aliphatic rings. The van der Waals surface area contributed by atoms with E-state index in [1.165, 1.54) is 6.92 Å². The summed E-state index contributed by atoms with van der Waals surface area (Å²) in [6.45, 7) is 1.21. The smallest absolute Gasteiger partial charge is 0.317 e. The van der Waals surface area contributed by atoms with E-state index in [-0.39, 0.29) is 5.75 Å². The number of benzene rings is 1. The highest BCUT2D eigenvalue weighted by molar-refractivity contribution is 7.86. The summed E-state index contributed by atoms with van der Waals surface area (Å²) in [6.07, 6.45) is -0.526. The molecular weight excluding hydrogens is 296 g/mol. The largest absolute Gasteiger partial charge is 0.457 e. The van der Waals surface area contributed by atoms with Gasteiger partial charge in [0.05, 0.1) is 22.2 Å². The standard InChI is InChI=1S/C9H10N2O8S/c1-6(19-20(2,16)17)18-9-4-3-7(10(12)13)5-8(9)11(14)15/h3-6H,1-2H3. The molecule has 11 heteroatoms. The fourth-order valence-electron chi connectivity index (χ4n) is 1.31. The Kier molecular flexibility index (Phi) is 4.57. The summed E-state index contributed by atoms with van der Waals surface area (Å²) < 4.78 is 31.1. The van der Waals surface area contributed by atoms with Crippen molar-refractivity contribution >= 4 is 21.5 Å². The number of nitro groups is 2. The van der Waals surface area contributed by atoms with Gasteiger partial charge in [-0.2, -0.15) is 8.42 Å². The zero-order valence-electron chi connectivity index (χ0n) is 10.4. The monoisotopic (exact) mass is 306 g/mol. The molecule has 20 heavy (non-hydrogen) atoms. The molecule has 0 aliphatic heterocycles. The Morgan fingerprint density at radius 3 is 2.25 bits per heavy atom. The molecule has 0 aromatic heterocycles. The Balaban J connectivity index is 3.06. The van der Waals surface area contributed by atoms with Crippen molar-refractivity contribution in [3.05, 3.63) is 38.4 Å². The van der Waals surface area contributed by atoms with Gasteiger partial charge in [0.25, 0.3) is 15.8 Å². The van der Waals surface area contributed by atoms with E-state index in [0.29, 0.717) is 6.07 Å². The van der Waals surface area contributed by atoms with Gasteiger partial charge < -0.3 is 4.74 Å². The maximum Gasteiger partial charge on any atom is 0.317 e. The topological polar surface area (TPSA) is 139 Å². The quantitative estimate of drug-likeness (QED) is 0.330. The number of nitrogens with zero attached hydrogens (tertiary/aromatic N) is 2. The summed E-state index contributed by atoms with van der Waals surface area (Å²) in [7, 11) is -3.80. The van der Waals surface area contributed by atoms with Crippen molar-refractivity contribution in [2.24, 2.45) is 0 Å². The molecule has 10 nitrogen and oxygen atoms in total. The molecule has 0 N–H and O–H groups in total. The third-order valence-electron chi connectivity index (χ3n) is 1.95. The first-order valence-electron chi connectivity index (χ1n) is 5.08. The molecular formula is C9H10N2O8S. The van der Waals surface area contributed by atoms with Crippen LogP contribution in [0, 0.1) is 20.2 Å². The first-order chi connectivity index (χ1) is 9.10. The minimum absolute atomic E-state index is 0.336. The van der Waals surface area contributed by atoms with Crippen LogP contribution in [0.3, 0.4) is 0 Å². The van der Waals surface area contributed by atoms with Crippen LogP contribution in [0.1, 0.15) is 6.92 Å². The highest BCUT2D eigenvalue weighted by Crippen LogP contribution is 2.31. The van der Waals surface area contributed by atoms with Crippen LogP contribution < -0.4 is 4.74 Å². The Bertz CT molecular complexity index is 641. The molecule has 1 aromatic carbocycles. The fourth-order valence-corrected chi connectivity index (χ4v) is 1.84. The lowest BCUT2D eigenvalue weighted by molar-refractivity contribution is -0.395. The van der Waals surface area contributed by atoms with Gasteiger partial charge in [0.15, 0.2) is 0 Å². The fraction of sp³-hybridized carbons (Fsp3) is 0.333. The van der Waals surface area contributed by atoms with Gasteiger partial charge >= 0.3 is 5.69 Å². The van der Waals surface area contributed by atoms with Crippen LogP contribution in [-0.2, 0) is 14.3 Å². The minimum Gasteiger partial charge on any atom is -0.457 e. The average molecular weight is 306 g/mol. The van der Waals surface area contributed by atoms with Crippen LogP contribution >= 0.6 is 0 Å². The highest BCUT2D eigenvalue weighted by atomic mass is 32.2. The highest BCUT2D eigenvalue weighted by Gasteiger charge is 2.23. The van der Waals surface area contributed by atoms with E-state index in [0.717, 1.165) is 18.4 Å². The molecule has 1 unspecified atom stereocenters. The third-order valence-corrected chi connectivity index (χ3v) is 2.57. The maximum atomic E-state index is 10.9. The van der Waals surface area contributed by atoms with Crippen molar-refractivity contribution in [1.82, 2.24) is 0 Å². The molecule has 1 rings (SSSR count). The zero-order valence-corrected chi connectivity index (χ0v) is 11.2. The van der Waals surface area contributed by atoms with E-state index >= 15 is 0 Å². The summed E-state index contributed by atoms with van der Waals surface area (Å²) in [5, 5.41) is 21.3. The van der Waals surface area contributed by atoms with Crippen molar-refractivity contribution in [2.75, 3.05) is 6.26 Å². The lowest BCUT2D eigenvalue weighted by Crippen LogP contribution is -2.20. The second-order valence-electron chi connectivity index (χ2n) is 3.65. The van der Waals surface area contributed by atoms with Crippen molar-refractivity contribution < 1.29 is 27.2 Å². The molecule has 0 fully saturated rings. The second-order valence-corrected chi connectivity index (χ2v) is 5.25. The minimum atomic E-state index is -3.80. The van der Waals surface area contributed by atoms with Crippen LogP contribution in [0.5, 0.6) is 5.75 Å². The van der Waals surface area contributed by atoms with Crippen LogP contribution in [0.15, 0.2) is 18.2 Å². The number of hydrogen-bond donors (Lipinski definition) is 0. The number of non-ortho nitro benzene ring substituents is 1. The van der Waals surface area contributed by atoms with E-state index in [4.69, 9.17) is 4.74 Å². The van der Waals surface area contributed by atoms with Crippen molar-refractivity contribution in [2.45, 2.75) is 13.2 Å². The van der Waals surface area contributed by atoms with Gasteiger partial charge in [-0.05, 0) is 13.0 Å². The molecule has 0 amide bonds. The lowest BCUT2D eigenvalue weighted by Gasteiger charge is -2.13. The summed E-state index contributed by atoms with van der Waals surface area (Å²) in [6, 6.07) is 2.70. The van der Waals surface area contributed by atoms with E-state index in [1.807, 2.05) is 0 Å². The normalized spacial score (nSPS) is 12.7. The van der Waals surface area contributed by atoms with E-state index in [1.54, 1.807) is 0 Å². The van der Waals surface area contributed by atoms with Crippen molar-refractivity contribution in [3.8, 4) is 5.75 Å². The first kappa shape index (κ1) is 15.8. The lowest BCUT2D eigenvalue weighted by atomic mass is 10.2. The summed E-state index contributed by atoms with van der Waals surface area (Å²) in [4.78, 5) is 19.7. The summed E-state index contributed by atoms with van der Waals surface area (Å²) in [5.41, 5.74) is -1.15.